The molecule has 0 radical (unpaired) electrons. The molecule has 15 rings (SSSR count). The van der Waals surface area contributed by atoms with Crippen LogP contribution in [0, 0.1) is 6.92 Å². The van der Waals surface area contributed by atoms with E-state index >= 15 is 0 Å². The second kappa shape index (κ2) is 27.5. The zero-order chi connectivity index (χ0) is 66.3. The Morgan fingerprint density at radius 3 is 1.36 bits per heavy atom. The molecule has 0 aliphatic heterocycles. The molecule has 0 saturated carbocycles. The number of nitrogens with zero attached hydrogens (tertiary/aromatic N) is 1. The smallest absolute Gasteiger partial charge is 0.144 e. The largest absolute Gasteiger partial charge is 0.455 e. The van der Waals surface area contributed by atoms with Crippen LogP contribution in [0.25, 0.3) is 99.5 Å². The van der Waals surface area contributed by atoms with Crippen LogP contribution in [0.1, 0.15) is 235 Å². The quantitative estimate of drug-likeness (QED) is 0.0438. The van der Waals surface area contributed by atoms with E-state index in [2.05, 4.69) is 247 Å². The number of benzene rings is 10. The summed E-state index contributed by atoms with van der Waals surface area (Å²) in [4.78, 5) is 2.65. The standard InChI is InChI=1S/C94H101NO2/c1-8-12-16-20-37-57-93(58-38-21-17-13-9-2)76-49-33-30-46-70(76)87-89(93)88-84(86-74-48-32-36-52-82(74)97-91(86)87)72-56-54-67(62-78(72)94(88,59-39-22-18-14-10-3)60-40-23-19-15-11-4)95(80-50-34-27-41-64(80)5)66-53-55-71-77(61-66)92(6,7)79-63-75(69-45-29-28-44-68(69)65-42-25-24-26-43-65)90-85(83(71)79)73-47-31-35-51-81(73)96-90/h24-36,41-56,61-63H,8-23,37-40,57-60H2,1-7H3. The molecule has 2 heterocycles. The van der Waals surface area contributed by atoms with Gasteiger partial charge < -0.3 is 13.7 Å². The lowest BCUT2D eigenvalue weighted by molar-refractivity contribution is 0.369. The Bertz CT molecular complexity index is 4810. The SMILES string of the molecule is CCCCCCCC1(CCCCCCC)c2ccccc2-c2c1c1c(c3c2oc2ccccc23)-c2ccc(N(c3ccc4c(c3)C(C)(C)c3cc(-c5ccccc5-c5ccccc5)c5oc6ccccc6c5c3-4)c3ccccc3C)cc2C1(CCCCCCC)CCCCCCC. The third-order valence-electron chi connectivity index (χ3n) is 23.6. The topological polar surface area (TPSA) is 29.5 Å². The van der Waals surface area contributed by atoms with Crippen LogP contribution in [0.3, 0.4) is 0 Å². The van der Waals surface area contributed by atoms with Crippen LogP contribution in [0.4, 0.5) is 17.1 Å². The van der Waals surface area contributed by atoms with Crippen LogP contribution in [0.2, 0.25) is 0 Å². The van der Waals surface area contributed by atoms with Crippen molar-refractivity contribution in [1.82, 2.24) is 0 Å². The molecule has 3 nitrogen and oxygen atoms in total. The molecule has 494 valence electrons. The molecule has 0 N–H and O–H groups in total. The van der Waals surface area contributed by atoms with Gasteiger partial charge in [-0.2, -0.15) is 0 Å². The first-order chi connectivity index (χ1) is 47.7. The Morgan fingerprint density at radius 2 is 0.773 bits per heavy atom. The molecule has 0 spiro atoms. The summed E-state index contributed by atoms with van der Waals surface area (Å²) in [6.45, 7) is 16.7. The average molecular weight is 1280 g/mol. The minimum Gasteiger partial charge on any atom is -0.455 e. The zero-order valence-electron chi connectivity index (χ0n) is 59.2. The van der Waals surface area contributed by atoms with Gasteiger partial charge in [0.1, 0.15) is 22.3 Å². The second-order valence-electron chi connectivity index (χ2n) is 29.9. The van der Waals surface area contributed by atoms with Crippen molar-refractivity contribution in [2.45, 2.75) is 219 Å². The second-order valence-corrected chi connectivity index (χ2v) is 29.9. The fraction of sp³-hybridized carbons (Fsp3) is 0.362. The predicted molar refractivity (Wildman–Crippen MR) is 415 cm³/mol. The molecule has 97 heavy (non-hydrogen) atoms. The molecule has 0 atom stereocenters. The third kappa shape index (κ3) is 11.1. The average Bonchev–Trinajstić information content (AvgIpc) is 1.51. The van der Waals surface area contributed by atoms with Gasteiger partial charge in [0, 0.05) is 66.0 Å². The van der Waals surface area contributed by atoms with Gasteiger partial charge in [0.25, 0.3) is 0 Å². The lowest BCUT2D eigenvalue weighted by Crippen LogP contribution is -2.33. The minimum atomic E-state index is -0.361. The van der Waals surface area contributed by atoms with E-state index in [0.717, 1.165) is 46.1 Å². The van der Waals surface area contributed by atoms with Gasteiger partial charge in [-0.15, -0.1) is 0 Å². The number of rotatable bonds is 29. The van der Waals surface area contributed by atoms with Gasteiger partial charge in [0.05, 0.1) is 0 Å². The van der Waals surface area contributed by atoms with E-state index in [4.69, 9.17) is 8.83 Å². The zero-order valence-corrected chi connectivity index (χ0v) is 59.2. The number of unbranched alkanes of at least 4 members (excludes halogenated alkanes) is 16. The molecular formula is C94H101NO2. The van der Waals surface area contributed by atoms with Crippen LogP contribution in [-0.2, 0) is 16.2 Å². The van der Waals surface area contributed by atoms with Gasteiger partial charge in [-0.25, -0.2) is 0 Å². The highest BCUT2D eigenvalue weighted by molar-refractivity contribution is 6.22. The first kappa shape index (κ1) is 64.6. The molecule has 0 bridgehead atoms. The number of hydrogen-bond acceptors (Lipinski definition) is 3. The minimum absolute atomic E-state index is 0.148. The van der Waals surface area contributed by atoms with Crippen LogP contribution in [0.5, 0.6) is 0 Å². The molecule has 10 aromatic carbocycles. The van der Waals surface area contributed by atoms with Gasteiger partial charge in [-0.3, -0.25) is 0 Å². The maximum atomic E-state index is 7.57. The van der Waals surface area contributed by atoms with E-state index in [1.54, 1.807) is 16.7 Å². The summed E-state index contributed by atoms with van der Waals surface area (Å²) < 4.78 is 14.7. The summed E-state index contributed by atoms with van der Waals surface area (Å²) in [5.41, 5.74) is 30.2. The van der Waals surface area contributed by atoms with Gasteiger partial charge in [-0.05, 0) is 165 Å². The van der Waals surface area contributed by atoms with Crippen molar-refractivity contribution in [1.29, 1.82) is 0 Å². The van der Waals surface area contributed by atoms with Gasteiger partial charge in [-0.1, -0.05) is 316 Å². The van der Waals surface area contributed by atoms with E-state index in [-0.39, 0.29) is 16.2 Å². The van der Waals surface area contributed by atoms with Crippen LogP contribution < -0.4 is 4.90 Å². The molecule has 0 amide bonds. The Balaban J connectivity index is 0.970. The maximum absolute atomic E-state index is 7.57. The Hall–Kier alpha value is -8.40. The lowest BCUT2D eigenvalue weighted by Gasteiger charge is -2.40. The summed E-state index contributed by atoms with van der Waals surface area (Å²) in [7, 11) is 0. The molecule has 3 aliphatic rings. The number of aryl methyl sites for hydroxylation is 1. The Labute approximate surface area is 578 Å². The van der Waals surface area contributed by atoms with E-state index < -0.39 is 0 Å². The number of fused-ring (bicyclic) bond motifs is 19. The van der Waals surface area contributed by atoms with E-state index in [0.29, 0.717) is 0 Å². The Morgan fingerprint density at radius 1 is 0.330 bits per heavy atom. The summed E-state index contributed by atoms with van der Waals surface area (Å²) in [6.07, 6.45) is 29.8. The highest BCUT2D eigenvalue weighted by Crippen LogP contribution is 2.68. The molecule has 3 heteroatoms. The number of hydrogen-bond donors (Lipinski definition) is 0. The van der Waals surface area contributed by atoms with Crippen molar-refractivity contribution >= 4 is 60.9 Å². The molecule has 0 fully saturated rings. The summed E-state index contributed by atoms with van der Waals surface area (Å²) >= 11 is 0. The van der Waals surface area contributed by atoms with Crippen LogP contribution in [-0.4, -0.2) is 0 Å². The summed E-state index contributed by atoms with van der Waals surface area (Å²) in [5, 5.41) is 4.94. The molecule has 0 unspecified atom stereocenters. The number of para-hydroxylation sites is 3. The molecule has 0 saturated heterocycles. The van der Waals surface area contributed by atoms with Crippen molar-refractivity contribution in [2.24, 2.45) is 0 Å². The van der Waals surface area contributed by atoms with Crippen molar-refractivity contribution in [3.63, 3.8) is 0 Å². The molecular weight excluding hydrogens is 1180 g/mol. The monoisotopic (exact) mass is 1280 g/mol. The molecule has 12 aromatic rings. The molecule has 3 aliphatic carbocycles. The van der Waals surface area contributed by atoms with E-state index in [1.165, 1.54) is 247 Å². The Kier molecular flexibility index (Phi) is 18.3. The number of anilines is 3. The van der Waals surface area contributed by atoms with Gasteiger partial charge in [0.15, 0.2) is 0 Å². The maximum Gasteiger partial charge on any atom is 0.144 e. The van der Waals surface area contributed by atoms with Crippen LogP contribution >= 0.6 is 0 Å². The van der Waals surface area contributed by atoms with Gasteiger partial charge >= 0.3 is 0 Å². The molecule has 2 aromatic heterocycles. The number of furan rings is 2. The lowest BCUT2D eigenvalue weighted by atomic mass is 9.62. The predicted octanol–water partition coefficient (Wildman–Crippen LogP) is 28.9. The van der Waals surface area contributed by atoms with Crippen LogP contribution in [0.15, 0.2) is 203 Å². The fourth-order valence-electron chi connectivity index (χ4n) is 18.8. The first-order valence-electron chi connectivity index (χ1n) is 38.1. The fourth-order valence-corrected chi connectivity index (χ4v) is 18.8. The van der Waals surface area contributed by atoms with Crippen molar-refractivity contribution in [3.05, 3.63) is 233 Å². The van der Waals surface area contributed by atoms with Crippen molar-refractivity contribution in [3.8, 4) is 55.6 Å². The summed E-state index contributed by atoms with van der Waals surface area (Å²) in [6, 6.07) is 74.4. The van der Waals surface area contributed by atoms with E-state index in [9.17, 15) is 0 Å². The van der Waals surface area contributed by atoms with E-state index in [1.807, 2.05) is 0 Å². The first-order valence-corrected chi connectivity index (χ1v) is 38.1. The normalized spacial score (nSPS) is 14.3. The van der Waals surface area contributed by atoms with Gasteiger partial charge in [0.2, 0.25) is 0 Å². The highest BCUT2D eigenvalue weighted by atomic mass is 16.3. The van der Waals surface area contributed by atoms with Crippen molar-refractivity contribution in [2.75, 3.05) is 4.90 Å². The highest BCUT2D eigenvalue weighted by Gasteiger charge is 2.54. The van der Waals surface area contributed by atoms with Crippen molar-refractivity contribution < 1.29 is 8.83 Å². The summed E-state index contributed by atoms with van der Waals surface area (Å²) in [5.74, 6) is 0. The third-order valence-corrected chi connectivity index (χ3v) is 23.6.